The van der Waals surface area contributed by atoms with Gasteiger partial charge in [-0.3, -0.25) is 0 Å². The maximum Gasteiger partial charge on any atom is 0.159 e. The fraction of sp³-hybridized carbons (Fsp3) is 0.0357. The minimum atomic E-state index is 0.531. The minimum absolute atomic E-state index is 0.531. The molecular formula is C56H34N4O2. The largest absolute Gasteiger partial charge is 0.454 e. The van der Waals surface area contributed by atoms with Crippen molar-refractivity contribution >= 4 is 110 Å². The number of rotatable bonds is 6. The fourth-order valence-corrected chi connectivity index (χ4v) is 9.73. The van der Waals surface area contributed by atoms with E-state index < -0.39 is 0 Å². The van der Waals surface area contributed by atoms with E-state index in [9.17, 15) is 10.5 Å². The second-order valence-electron chi connectivity index (χ2n) is 15.9. The van der Waals surface area contributed by atoms with Crippen molar-refractivity contribution in [2.24, 2.45) is 0 Å². The van der Waals surface area contributed by atoms with Gasteiger partial charge in [0.25, 0.3) is 0 Å². The Kier molecular flexibility index (Phi) is 7.69. The van der Waals surface area contributed by atoms with E-state index in [1.807, 2.05) is 60.7 Å². The van der Waals surface area contributed by atoms with E-state index in [-0.39, 0.29) is 0 Å². The maximum atomic E-state index is 11.3. The molecule has 0 aliphatic carbocycles. The summed E-state index contributed by atoms with van der Waals surface area (Å²) in [5.41, 5.74) is 11.3. The van der Waals surface area contributed by atoms with Crippen LogP contribution < -0.4 is 9.80 Å². The summed E-state index contributed by atoms with van der Waals surface area (Å²) < 4.78 is 13.2. The molecule has 0 unspecified atom stereocenters. The van der Waals surface area contributed by atoms with Crippen LogP contribution in [0.25, 0.3) is 76.2 Å². The van der Waals surface area contributed by atoms with E-state index in [0.717, 1.165) is 121 Å². The van der Waals surface area contributed by atoms with Gasteiger partial charge in [0.2, 0.25) is 0 Å². The highest BCUT2D eigenvalue weighted by Gasteiger charge is 2.28. The number of furan rings is 2. The molecule has 0 bridgehead atoms. The second kappa shape index (κ2) is 13.5. The van der Waals surface area contributed by atoms with Crippen LogP contribution in [0.3, 0.4) is 0 Å². The number of hydrogen-bond acceptors (Lipinski definition) is 6. The first-order valence-corrected chi connectivity index (χ1v) is 20.6. The lowest BCUT2D eigenvalue weighted by atomic mass is 9.88. The van der Waals surface area contributed by atoms with Gasteiger partial charge in [0, 0.05) is 43.7 Å². The average molecular weight is 795 g/mol. The van der Waals surface area contributed by atoms with Crippen molar-refractivity contribution < 1.29 is 8.83 Å². The van der Waals surface area contributed by atoms with Gasteiger partial charge in [0.1, 0.15) is 23.3 Å². The molecule has 0 saturated heterocycles. The third-order valence-corrected chi connectivity index (χ3v) is 12.5. The summed E-state index contributed by atoms with van der Waals surface area (Å²) in [5.74, 6) is 0. The molecule has 12 aromatic rings. The molecule has 0 saturated carbocycles. The number of fused-ring (bicyclic) bond motifs is 6. The topological polar surface area (TPSA) is 80.3 Å². The Labute approximate surface area is 356 Å². The molecule has 290 valence electrons. The monoisotopic (exact) mass is 794 g/mol. The molecule has 2 aromatic heterocycles. The zero-order valence-corrected chi connectivity index (χ0v) is 33.8. The van der Waals surface area contributed by atoms with Crippen molar-refractivity contribution in [2.45, 2.75) is 13.8 Å². The van der Waals surface area contributed by atoms with Crippen LogP contribution in [0.2, 0.25) is 0 Å². The summed E-state index contributed by atoms with van der Waals surface area (Å²) in [6.07, 6.45) is 0. The molecule has 6 heteroatoms. The second-order valence-corrected chi connectivity index (χ2v) is 15.9. The number of nitriles is 2. The minimum Gasteiger partial charge on any atom is -0.454 e. The highest BCUT2D eigenvalue weighted by atomic mass is 16.3. The molecule has 0 aliphatic heterocycles. The lowest BCUT2D eigenvalue weighted by Gasteiger charge is -2.30. The summed E-state index contributed by atoms with van der Waals surface area (Å²) in [5, 5.41) is 32.0. The summed E-state index contributed by atoms with van der Waals surface area (Å²) in [7, 11) is 0. The molecule has 2 heterocycles. The van der Waals surface area contributed by atoms with Gasteiger partial charge in [0.15, 0.2) is 11.2 Å². The average Bonchev–Trinajstić information content (AvgIpc) is 3.89. The van der Waals surface area contributed by atoms with E-state index in [1.165, 1.54) is 0 Å². The first kappa shape index (κ1) is 35.4. The third kappa shape index (κ3) is 5.02. The van der Waals surface area contributed by atoms with Crippen LogP contribution in [0, 0.1) is 36.5 Å². The molecular weight excluding hydrogens is 761 g/mol. The van der Waals surface area contributed by atoms with Crippen LogP contribution in [0.1, 0.15) is 22.3 Å². The van der Waals surface area contributed by atoms with Crippen LogP contribution in [0.5, 0.6) is 0 Å². The van der Waals surface area contributed by atoms with Crippen molar-refractivity contribution in [3.05, 3.63) is 192 Å². The number of nitrogens with zero attached hydrogens (tertiary/aromatic N) is 4. The van der Waals surface area contributed by atoms with Crippen molar-refractivity contribution in [1.82, 2.24) is 0 Å². The smallest absolute Gasteiger partial charge is 0.159 e. The Morgan fingerprint density at radius 3 is 1.19 bits per heavy atom. The normalized spacial score (nSPS) is 11.7. The summed E-state index contributed by atoms with van der Waals surface area (Å²) in [6.45, 7) is 4.18. The summed E-state index contributed by atoms with van der Waals surface area (Å²) in [4.78, 5) is 4.34. The first-order chi connectivity index (χ1) is 30.5. The van der Waals surface area contributed by atoms with Crippen molar-refractivity contribution in [2.75, 3.05) is 9.80 Å². The molecule has 0 amide bonds. The predicted molar refractivity (Wildman–Crippen MR) is 253 cm³/mol. The van der Waals surface area contributed by atoms with E-state index >= 15 is 0 Å². The lowest BCUT2D eigenvalue weighted by molar-refractivity contribution is 0.668. The predicted octanol–water partition coefficient (Wildman–Crippen LogP) is 15.7. The van der Waals surface area contributed by atoms with Crippen LogP contribution >= 0.6 is 0 Å². The number of hydrogen-bond donors (Lipinski definition) is 0. The highest BCUT2D eigenvalue weighted by molar-refractivity contribution is 6.27. The van der Waals surface area contributed by atoms with Gasteiger partial charge in [0.05, 0.1) is 33.9 Å². The molecule has 0 spiro atoms. The van der Waals surface area contributed by atoms with E-state index in [0.29, 0.717) is 11.1 Å². The molecule has 0 atom stereocenters. The third-order valence-electron chi connectivity index (χ3n) is 12.5. The molecule has 6 nitrogen and oxygen atoms in total. The maximum absolute atomic E-state index is 11.3. The number of anilines is 6. The molecule has 0 radical (unpaired) electrons. The van der Waals surface area contributed by atoms with E-state index in [1.54, 1.807) is 0 Å². The molecule has 0 fully saturated rings. The van der Waals surface area contributed by atoms with Crippen molar-refractivity contribution in [1.29, 1.82) is 10.5 Å². The van der Waals surface area contributed by atoms with Gasteiger partial charge in [-0.05, 0) is 95.1 Å². The Balaban J connectivity index is 1.13. The van der Waals surface area contributed by atoms with Crippen LogP contribution in [-0.2, 0) is 0 Å². The SMILES string of the molecule is Cc1ccccc1N(c1cc2ccc3c(C#N)c(N(c4ccccc4C)c4cccc5c4oc4ccccc45)cc4ccc(c1C#N)c2c43)c1cccc2c1oc1ccccc12. The molecule has 0 aliphatic rings. The Bertz CT molecular complexity index is 3640. The first-order valence-electron chi connectivity index (χ1n) is 20.6. The van der Waals surface area contributed by atoms with Crippen LogP contribution in [0.15, 0.2) is 179 Å². The Hall–Kier alpha value is -8.58. The van der Waals surface area contributed by atoms with Gasteiger partial charge < -0.3 is 18.6 Å². The highest BCUT2D eigenvalue weighted by Crippen LogP contribution is 2.51. The van der Waals surface area contributed by atoms with E-state index in [4.69, 9.17) is 8.83 Å². The standard InChI is InChI=1S/C56H34N4O2/c1-33-13-3-7-19-45(33)59(47-21-11-17-41-37-15-5-9-23-51(37)61-55(41)47)49-29-35-25-28-40-44(32-58)50(30-36-26-27-39(43(49)31-57)53(35)54(36)40)60(46-20-8-4-14-34(46)2)48-22-12-18-42-38-16-6-10-24-52(38)62-56(42)48/h3-30H,1-2H3. The number of aryl methyl sites for hydroxylation is 2. The van der Waals surface area contributed by atoms with Gasteiger partial charge in [-0.1, -0.05) is 121 Å². The number of benzene rings is 10. The summed E-state index contributed by atoms with van der Waals surface area (Å²) in [6, 6.07) is 62.9. The lowest BCUT2D eigenvalue weighted by Crippen LogP contribution is -2.14. The summed E-state index contributed by atoms with van der Waals surface area (Å²) >= 11 is 0. The van der Waals surface area contributed by atoms with Gasteiger partial charge in [-0.25, -0.2) is 0 Å². The molecule has 10 aromatic carbocycles. The number of para-hydroxylation sites is 6. The van der Waals surface area contributed by atoms with Gasteiger partial charge >= 0.3 is 0 Å². The molecule has 62 heavy (non-hydrogen) atoms. The fourth-order valence-electron chi connectivity index (χ4n) is 9.73. The van der Waals surface area contributed by atoms with Crippen LogP contribution in [-0.4, -0.2) is 0 Å². The quantitative estimate of drug-likeness (QED) is 0.156. The van der Waals surface area contributed by atoms with E-state index in [2.05, 4.69) is 145 Å². The Morgan fingerprint density at radius 1 is 0.371 bits per heavy atom. The van der Waals surface area contributed by atoms with Gasteiger partial charge in [-0.2, -0.15) is 10.5 Å². The van der Waals surface area contributed by atoms with Gasteiger partial charge in [-0.15, -0.1) is 0 Å². The Morgan fingerprint density at radius 2 is 0.758 bits per heavy atom. The zero-order chi connectivity index (χ0) is 41.6. The molecule has 12 rings (SSSR count). The molecule has 0 N–H and O–H groups in total. The van der Waals surface area contributed by atoms with Crippen LogP contribution in [0.4, 0.5) is 34.1 Å². The van der Waals surface area contributed by atoms with Crippen molar-refractivity contribution in [3.8, 4) is 12.1 Å². The van der Waals surface area contributed by atoms with Crippen molar-refractivity contribution in [3.63, 3.8) is 0 Å². The zero-order valence-electron chi connectivity index (χ0n) is 33.8.